The molecule has 0 saturated heterocycles. The number of aromatic nitrogens is 1. The van der Waals surface area contributed by atoms with Crippen LogP contribution in [0.3, 0.4) is 0 Å². The standard InChI is InChI=1S/C9H6N2O4/c12-8-6-4-2-1-3-5(6)7(11(14)15)9(13)10-8/h1-4H,(H2,10,12,13). The molecule has 0 saturated carbocycles. The lowest BCUT2D eigenvalue weighted by Gasteiger charge is -2.00. The van der Waals surface area contributed by atoms with E-state index in [-0.39, 0.29) is 10.8 Å². The predicted octanol–water partition coefficient (Wildman–Crippen LogP) is 1.14. The molecule has 0 spiro atoms. The zero-order chi connectivity index (χ0) is 11.0. The van der Waals surface area contributed by atoms with E-state index in [1.54, 1.807) is 12.1 Å². The molecule has 0 fully saturated rings. The first kappa shape index (κ1) is 9.20. The van der Waals surface area contributed by atoms with Crippen molar-refractivity contribution < 1.29 is 10.0 Å². The Morgan fingerprint density at radius 3 is 2.47 bits per heavy atom. The second-order valence-corrected chi connectivity index (χ2v) is 2.95. The van der Waals surface area contributed by atoms with Crippen molar-refractivity contribution in [1.82, 2.24) is 4.98 Å². The van der Waals surface area contributed by atoms with E-state index in [1.165, 1.54) is 12.1 Å². The van der Waals surface area contributed by atoms with Gasteiger partial charge < -0.3 is 5.11 Å². The predicted molar refractivity (Wildman–Crippen MR) is 52.9 cm³/mol. The van der Waals surface area contributed by atoms with E-state index in [2.05, 4.69) is 0 Å². The van der Waals surface area contributed by atoms with Gasteiger partial charge in [-0.3, -0.25) is 19.9 Å². The number of nitrogens with zero attached hydrogens (tertiary/aromatic N) is 1. The van der Waals surface area contributed by atoms with Crippen molar-refractivity contribution in [2.24, 2.45) is 0 Å². The van der Waals surface area contributed by atoms with Crippen LogP contribution in [0.5, 0.6) is 5.88 Å². The third-order valence-corrected chi connectivity index (χ3v) is 2.07. The molecular formula is C9H6N2O4. The number of aromatic amines is 1. The smallest absolute Gasteiger partial charge is 0.336 e. The van der Waals surface area contributed by atoms with Gasteiger partial charge in [0.1, 0.15) is 0 Å². The molecule has 0 aliphatic rings. The average Bonchev–Trinajstić information content (AvgIpc) is 2.17. The van der Waals surface area contributed by atoms with Crippen molar-refractivity contribution in [2.45, 2.75) is 0 Å². The van der Waals surface area contributed by atoms with E-state index in [4.69, 9.17) is 0 Å². The van der Waals surface area contributed by atoms with E-state index in [0.29, 0.717) is 0 Å². The fourth-order valence-corrected chi connectivity index (χ4v) is 1.43. The van der Waals surface area contributed by atoms with Gasteiger partial charge in [-0.05, 0) is 12.1 Å². The Hall–Kier alpha value is -2.37. The maximum Gasteiger partial charge on any atom is 0.336 e. The highest BCUT2D eigenvalue weighted by Gasteiger charge is 2.20. The van der Waals surface area contributed by atoms with Crippen LogP contribution in [0.2, 0.25) is 0 Å². The van der Waals surface area contributed by atoms with Crippen LogP contribution in [0, 0.1) is 10.1 Å². The fourth-order valence-electron chi connectivity index (χ4n) is 1.43. The lowest BCUT2D eigenvalue weighted by molar-refractivity contribution is -0.384. The highest BCUT2D eigenvalue weighted by Crippen LogP contribution is 2.29. The molecule has 2 aromatic rings. The van der Waals surface area contributed by atoms with E-state index >= 15 is 0 Å². The van der Waals surface area contributed by atoms with Crippen LogP contribution < -0.4 is 5.56 Å². The minimum absolute atomic E-state index is 0.128. The molecular weight excluding hydrogens is 200 g/mol. The van der Waals surface area contributed by atoms with E-state index in [0.717, 1.165) is 0 Å². The number of nitro groups is 1. The minimum atomic E-state index is -0.729. The number of aromatic hydroxyl groups is 1. The first-order chi connectivity index (χ1) is 7.11. The number of hydrogen-bond donors (Lipinski definition) is 2. The quantitative estimate of drug-likeness (QED) is 0.540. The van der Waals surface area contributed by atoms with Crippen LogP contribution in [-0.4, -0.2) is 15.0 Å². The SMILES string of the molecule is O=c1[nH]c(O)c([N+](=O)[O-])c2ccccc12. The molecule has 1 aromatic heterocycles. The molecule has 2 rings (SSSR count). The number of benzene rings is 1. The number of H-pyrrole nitrogens is 1. The van der Waals surface area contributed by atoms with Gasteiger partial charge >= 0.3 is 5.69 Å². The third kappa shape index (κ3) is 1.32. The van der Waals surface area contributed by atoms with Crippen molar-refractivity contribution in [2.75, 3.05) is 0 Å². The first-order valence-electron chi connectivity index (χ1n) is 4.09. The number of hydrogen-bond acceptors (Lipinski definition) is 4. The molecule has 6 heteroatoms. The Bertz CT molecular complexity index is 603. The van der Waals surface area contributed by atoms with Crippen LogP contribution in [-0.2, 0) is 0 Å². The number of nitrogens with one attached hydrogen (secondary N) is 1. The zero-order valence-corrected chi connectivity index (χ0v) is 7.43. The summed E-state index contributed by atoms with van der Waals surface area (Å²) < 4.78 is 0. The highest BCUT2D eigenvalue weighted by molar-refractivity contribution is 5.91. The molecule has 0 radical (unpaired) electrons. The topological polar surface area (TPSA) is 96.2 Å². The molecule has 15 heavy (non-hydrogen) atoms. The van der Waals surface area contributed by atoms with Crippen molar-refractivity contribution in [3.63, 3.8) is 0 Å². The summed E-state index contributed by atoms with van der Waals surface area (Å²) in [5, 5.41) is 20.2. The maximum absolute atomic E-state index is 11.3. The second-order valence-electron chi connectivity index (χ2n) is 2.95. The molecule has 2 N–H and O–H groups in total. The molecule has 0 amide bonds. The molecule has 0 atom stereocenters. The molecule has 0 aliphatic heterocycles. The average molecular weight is 206 g/mol. The number of fused-ring (bicyclic) bond motifs is 1. The summed E-state index contributed by atoms with van der Waals surface area (Å²) in [5.74, 6) is -0.719. The summed E-state index contributed by atoms with van der Waals surface area (Å²) >= 11 is 0. The summed E-state index contributed by atoms with van der Waals surface area (Å²) in [7, 11) is 0. The van der Waals surface area contributed by atoms with Crippen LogP contribution in [0.4, 0.5) is 5.69 Å². The summed E-state index contributed by atoms with van der Waals surface area (Å²) in [6, 6.07) is 6.04. The van der Waals surface area contributed by atoms with Crippen molar-refractivity contribution in [1.29, 1.82) is 0 Å². The van der Waals surface area contributed by atoms with Gasteiger partial charge in [0.2, 0.25) is 0 Å². The van der Waals surface area contributed by atoms with Crippen LogP contribution >= 0.6 is 0 Å². The van der Waals surface area contributed by atoms with Gasteiger partial charge in [-0.25, -0.2) is 0 Å². The largest absolute Gasteiger partial charge is 0.490 e. The van der Waals surface area contributed by atoms with E-state index in [9.17, 15) is 20.0 Å². The Labute approximate surface area is 82.9 Å². The maximum atomic E-state index is 11.3. The van der Waals surface area contributed by atoms with Crippen molar-refractivity contribution in [3.05, 3.63) is 44.7 Å². The summed E-state index contributed by atoms with van der Waals surface area (Å²) in [5.41, 5.74) is -1.03. The minimum Gasteiger partial charge on any atom is -0.490 e. The van der Waals surface area contributed by atoms with E-state index < -0.39 is 22.0 Å². The van der Waals surface area contributed by atoms with Gasteiger partial charge in [0.15, 0.2) is 0 Å². The summed E-state index contributed by atoms with van der Waals surface area (Å²) in [4.78, 5) is 23.3. The Balaban J connectivity index is 3.03. The molecule has 76 valence electrons. The van der Waals surface area contributed by atoms with Crippen LogP contribution in [0.1, 0.15) is 0 Å². The van der Waals surface area contributed by atoms with Gasteiger partial charge in [-0.15, -0.1) is 0 Å². The van der Waals surface area contributed by atoms with Gasteiger partial charge in [0.25, 0.3) is 11.4 Å². The summed E-state index contributed by atoms with van der Waals surface area (Å²) in [6.07, 6.45) is 0. The molecule has 0 bridgehead atoms. The molecule has 0 unspecified atom stereocenters. The lowest BCUT2D eigenvalue weighted by atomic mass is 10.1. The van der Waals surface area contributed by atoms with Gasteiger partial charge in [0.05, 0.1) is 15.7 Å². The highest BCUT2D eigenvalue weighted by atomic mass is 16.6. The number of pyridine rings is 1. The molecule has 6 nitrogen and oxygen atoms in total. The third-order valence-electron chi connectivity index (χ3n) is 2.07. The number of rotatable bonds is 1. The fraction of sp³-hybridized carbons (Fsp3) is 0. The van der Waals surface area contributed by atoms with Gasteiger partial charge in [-0.1, -0.05) is 12.1 Å². The Morgan fingerprint density at radius 2 is 1.87 bits per heavy atom. The Morgan fingerprint density at radius 1 is 1.27 bits per heavy atom. The van der Waals surface area contributed by atoms with Gasteiger partial charge in [-0.2, -0.15) is 0 Å². The molecule has 1 aromatic carbocycles. The van der Waals surface area contributed by atoms with Crippen LogP contribution in [0.15, 0.2) is 29.1 Å². The van der Waals surface area contributed by atoms with Crippen molar-refractivity contribution in [3.8, 4) is 5.88 Å². The van der Waals surface area contributed by atoms with Crippen molar-refractivity contribution >= 4 is 16.5 Å². The lowest BCUT2D eigenvalue weighted by Crippen LogP contribution is -2.07. The normalized spacial score (nSPS) is 10.4. The molecule has 1 heterocycles. The van der Waals surface area contributed by atoms with Crippen LogP contribution in [0.25, 0.3) is 10.8 Å². The molecule has 0 aliphatic carbocycles. The van der Waals surface area contributed by atoms with E-state index in [1.807, 2.05) is 4.98 Å². The van der Waals surface area contributed by atoms with Gasteiger partial charge in [0, 0.05) is 0 Å². The monoisotopic (exact) mass is 206 g/mol. The second kappa shape index (κ2) is 3.09. The first-order valence-corrected chi connectivity index (χ1v) is 4.09. The summed E-state index contributed by atoms with van der Waals surface area (Å²) in [6.45, 7) is 0. The zero-order valence-electron chi connectivity index (χ0n) is 7.43. The Kier molecular flexibility index (Phi) is 1.89.